The Morgan fingerprint density at radius 1 is 1.35 bits per heavy atom. The standard InChI is InChI=1S/C13H17N5O2/c19-13-1-4-14-10-18(13)8-11-2-5-17(6-3-11)9-12-7-15-20-16-12/h1,4,7,10-11H,2-3,5-6,8-9H2. The third kappa shape index (κ3) is 3.11. The molecule has 3 rings (SSSR count). The molecule has 7 nitrogen and oxygen atoms in total. The van der Waals surface area contributed by atoms with Gasteiger partial charge in [0.25, 0.3) is 5.56 Å². The minimum Gasteiger partial charge on any atom is -0.299 e. The summed E-state index contributed by atoms with van der Waals surface area (Å²) in [5, 5.41) is 7.44. The topological polar surface area (TPSA) is 77.0 Å². The van der Waals surface area contributed by atoms with Crippen molar-refractivity contribution in [3.8, 4) is 0 Å². The second-order valence-corrected chi connectivity index (χ2v) is 5.19. The summed E-state index contributed by atoms with van der Waals surface area (Å²) >= 11 is 0. The number of likely N-dealkylation sites (tertiary alicyclic amines) is 1. The Balaban J connectivity index is 1.51. The van der Waals surface area contributed by atoms with E-state index in [0.29, 0.717) is 5.92 Å². The van der Waals surface area contributed by atoms with Crippen molar-refractivity contribution in [1.82, 2.24) is 24.8 Å². The molecular formula is C13H17N5O2. The van der Waals surface area contributed by atoms with Gasteiger partial charge in [0.2, 0.25) is 0 Å². The highest BCUT2D eigenvalue weighted by Gasteiger charge is 2.20. The fourth-order valence-corrected chi connectivity index (χ4v) is 2.60. The normalized spacial score (nSPS) is 17.4. The fraction of sp³-hybridized carbons (Fsp3) is 0.538. The molecule has 20 heavy (non-hydrogen) atoms. The first kappa shape index (κ1) is 13.0. The first-order valence-electron chi connectivity index (χ1n) is 6.80. The highest BCUT2D eigenvalue weighted by molar-refractivity contribution is 4.90. The van der Waals surface area contributed by atoms with Crippen LogP contribution in [-0.2, 0) is 13.1 Å². The van der Waals surface area contributed by atoms with Gasteiger partial charge in [0.1, 0.15) is 5.69 Å². The average Bonchev–Trinajstić information content (AvgIpc) is 2.96. The van der Waals surface area contributed by atoms with Crippen LogP contribution in [0, 0.1) is 5.92 Å². The van der Waals surface area contributed by atoms with E-state index in [1.165, 1.54) is 12.3 Å². The Morgan fingerprint density at radius 2 is 2.20 bits per heavy atom. The molecule has 1 aliphatic heterocycles. The highest BCUT2D eigenvalue weighted by atomic mass is 16.6. The molecule has 0 radical (unpaired) electrons. The van der Waals surface area contributed by atoms with Gasteiger partial charge in [-0.1, -0.05) is 10.3 Å². The Morgan fingerprint density at radius 3 is 2.90 bits per heavy atom. The summed E-state index contributed by atoms with van der Waals surface area (Å²) in [5.74, 6) is 0.531. The highest BCUT2D eigenvalue weighted by Crippen LogP contribution is 2.19. The molecule has 7 heteroatoms. The number of hydrogen-bond acceptors (Lipinski definition) is 6. The van der Waals surface area contributed by atoms with Crippen molar-refractivity contribution in [2.24, 2.45) is 5.92 Å². The number of rotatable bonds is 4. The van der Waals surface area contributed by atoms with Crippen molar-refractivity contribution in [2.75, 3.05) is 13.1 Å². The zero-order valence-electron chi connectivity index (χ0n) is 11.2. The molecule has 0 aromatic carbocycles. The van der Waals surface area contributed by atoms with Crippen LogP contribution in [-0.4, -0.2) is 37.9 Å². The van der Waals surface area contributed by atoms with Crippen molar-refractivity contribution < 1.29 is 4.63 Å². The van der Waals surface area contributed by atoms with Crippen molar-refractivity contribution in [3.05, 3.63) is 40.8 Å². The zero-order valence-corrected chi connectivity index (χ0v) is 11.2. The van der Waals surface area contributed by atoms with Crippen LogP contribution in [0.25, 0.3) is 0 Å². The maximum absolute atomic E-state index is 11.7. The lowest BCUT2D eigenvalue weighted by molar-refractivity contribution is 0.162. The van der Waals surface area contributed by atoms with E-state index in [0.717, 1.165) is 44.7 Å². The quantitative estimate of drug-likeness (QED) is 0.810. The molecular weight excluding hydrogens is 258 g/mol. The van der Waals surface area contributed by atoms with E-state index in [4.69, 9.17) is 0 Å². The lowest BCUT2D eigenvalue weighted by atomic mass is 9.96. The third-order valence-electron chi connectivity index (χ3n) is 3.75. The molecule has 0 atom stereocenters. The van der Waals surface area contributed by atoms with Crippen LogP contribution in [0.2, 0.25) is 0 Å². The number of hydrogen-bond donors (Lipinski definition) is 0. The third-order valence-corrected chi connectivity index (χ3v) is 3.75. The van der Waals surface area contributed by atoms with Gasteiger partial charge < -0.3 is 0 Å². The molecule has 1 aliphatic rings. The monoisotopic (exact) mass is 275 g/mol. The van der Waals surface area contributed by atoms with Crippen molar-refractivity contribution in [2.45, 2.75) is 25.9 Å². The number of piperidine rings is 1. The summed E-state index contributed by atoms with van der Waals surface area (Å²) in [7, 11) is 0. The van der Waals surface area contributed by atoms with Gasteiger partial charge in [-0.3, -0.25) is 14.3 Å². The van der Waals surface area contributed by atoms with E-state index >= 15 is 0 Å². The van der Waals surface area contributed by atoms with Gasteiger partial charge in [0.05, 0.1) is 12.5 Å². The molecule has 1 saturated heterocycles. The number of aromatic nitrogens is 4. The minimum atomic E-state index is 0.0242. The fourth-order valence-electron chi connectivity index (χ4n) is 2.60. The van der Waals surface area contributed by atoms with E-state index in [2.05, 4.69) is 24.8 Å². The van der Waals surface area contributed by atoms with Crippen LogP contribution < -0.4 is 5.56 Å². The molecule has 1 fully saturated rings. The number of nitrogens with zero attached hydrogens (tertiary/aromatic N) is 5. The molecule has 106 valence electrons. The van der Waals surface area contributed by atoms with Crippen LogP contribution in [0.3, 0.4) is 0 Å². The van der Waals surface area contributed by atoms with Crippen LogP contribution in [0.5, 0.6) is 0 Å². The van der Waals surface area contributed by atoms with Gasteiger partial charge in [-0.2, -0.15) is 0 Å². The van der Waals surface area contributed by atoms with E-state index in [-0.39, 0.29) is 5.56 Å². The molecule has 2 aromatic rings. The van der Waals surface area contributed by atoms with Crippen molar-refractivity contribution in [1.29, 1.82) is 0 Å². The maximum Gasteiger partial charge on any atom is 0.253 e. The smallest absolute Gasteiger partial charge is 0.253 e. The van der Waals surface area contributed by atoms with Gasteiger partial charge in [0, 0.05) is 25.4 Å². The van der Waals surface area contributed by atoms with E-state index in [9.17, 15) is 4.79 Å². The molecule has 0 bridgehead atoms. The molecule has 0 unspecified atom stereocenters. The van der Waals surface area contributed by atoms with Gasteiger partial charge in [-0.15, -0.1) is 0 Å². The van der Waals surface area contributed by atoms with Crippen LogP contribution in [0.15, 0.2) is 34.2 Å². The molecule has 0 amide bonds. The molecule has 0 N–H and O–H groups in total. The molecule has 2 aromatic heterocycles. The van der Waals surface area contributed by atoms with E-state index in [1.54, 1.807) is 17.1 Å². The molecule has 0 saturated carbocycles. The molecule has 0 aliphatic carbocycles. The Bertz CT molecular complexity index is 587. The summed E-state index contributed by atoms with van der Waals surface area (Å²) in [6, 6.07) is 1.51. The Kier molecular flexibility index (Phi) is 3.87. The van der Waals surface area contributed by atoms with E-state index in [1.807, 2.05) is 0 Å². The Labute approximate surface area is 116 Å². The van der Waals surface area contributed by atoms with Gasteiger partial charge >= 0.3 is 0 Å². The Hall–Kier alpha value is -2.02. The first-order chi connectivity index (χ1) is 9.81. The van der Waals surface area contributed by atoms with Crippen LogP contribution in [0.1, 0.15) is 18.5 Å². The predicted octanol–water partition coefficient (Wildman–Crippen LogP) is 0.538. The summed E-state index contributed by atoms with van der Waals surface area (Å²) in [6.07, 6.45) is 6.96. The minimum absolute atomic E-state index is 0.0242. The zero-order chi connectivity index (χ0) is 13.8. The lowest BCUT2D eigenvalue weighted by Crippen LogP contribution is -2.36. The van der Waals surface area contributed by atoms with Crippen molar-refractivity contribution in [3.63, 3.8) is 0 Å². The average molecular weight is 275 g/mol. The van der Waals surface area contributed by atoms with Gasteiger partial charge in [-0.25, -0.2) is 9.61 Å². The molecule has 3 heterocycles. The SMILES string of the molecule is O=c1ccncn1CC1CCN(Cc2cnon2)CC1. The first-order valence-corrected chi connectivity index (χ1v) is 6.80. The van der Waals surface area contributed by atoms with E-state index < -0.39 is 0 Å². The van der Waals surface area contributed by atoms with Gasteiger partial charge in [0.15, 0.2) is 0 Å². The van der Waals surface area contributed by atoms with Gasteiger partial charge in [-0.05, 0) is 31.8 Å². The lowest BCUT2D eigenvalue weighted by Gasteiger charge is -2.31. The van der Waals surface area contributed by atoms with Crippen molar-refractivity contribution >= 4 is 0 Å². The molecule has 0 spiro atoms. The predicted molar refractivity (Wildman–Crippen MR) is 70.8 cm³/mol. The van der Waals surface area contributed by atoms with Crippen LogP contribution in [0.4, 0.5) is 0 Å². The summed E-state index contributed by atoms with van der Waals surface area (Å²) < 4.78 is 6.29. The largest absolute Gasteiger partial charge is 0.299 e. The summed E-state index contributed by atoms with van der Waals surface area (Å²) in [4.78, 5) is 18.0. The summed E-state index contributed by atoms with van der Waals surface area (Å²) in [5.41, 5.74) is 0.892. The second kappa shape index (κ2) is 5.96. The maximum atomic E-state index is 11.7. The second-order valence-electron chi connectivity index (χ2n) is 5.19. The summed E-state index contributed by atoms with van der Waals surface area (Å²) in [6.45, 7) is 3.55. The van der Waals surface area contributed by atoms with Crippen LogP contribution >= 0.6 is 0 Å².